The van der Waals surface area contributed by atoms with Gasteiger partial charge in [0.25, 0.3) is 0 Å². The predicted molar refractivity (Wildman–Crippen MR) is 114 cm³/mol. The molecule has 150 valence electrons. The second kappa shape index (κ2) is 8.07. The van der Waals surface area contributed by atoms with Crippen LogP contribution in [0.1, 0.15) is 22.3 Å². The van der Waals surface area contributed by atoms with Gasteiger partial charge in [-0.15, -0.1) is 0 Å². The first-order valence-corrected chi connectivity index (χ1v) is 9.62. The molecule has 0 bridgehead atoms. The van der Waals surface area contributed by atoms with E-state index in [0.29, 0.717) is 5.69 Å². The Morgan fingerprint density at radius 1 is 0.433 bits per heavy atom. The molecule has 4 rings (SSSR count). The van der Waals surface area contributed by atoms with E-state index < -0.39 is 17.3 Å². The van der Waals surface area contributed by atoms with Crippen molar-refractivity contribution in [1.82, 2.24) is 0 Å². The lowest BCUT2D eigenvalue weighted by Gasteiger charge is -2.38. The average molecular weight is 403 g/mol. The molecule has 0 saturated carbocycles. The van der Waals surface area contributed by atoms with Crippen LogP contribution in [-0.4, -0.2) is 0 Å². The summed E-state index contributed by atoms with van der Waals surface area (Å²) in [5, 5.41) is 3.55. The quantitative estimate of drug-likeness (QED) is 0.350. The highest BCUT2D eigenvalue weighted by Gasteiger charge is 2.36. The van der Waals surface area contributed by atoms with Gasteiger partial charge in [-0.25, -0.2) is 0 Å². The molecular formula is C26H20F3N. The van der Waals surface area contributed by atoms with Crippen LogP contribution in [0.4, 0.5) is 18.9 Å². The van der Waals surface area contributed by atoms with E-state index in [1.54, 1.807) is 0 Å². The van der Waals surface area contributed by atoms with Crippen LogP contribution in [0, 0.1) is 0 Å². The number of anilines is 1. The lowest BCUT2D eigenvalue weighted by molar-refractivity contribution is -0.137. The van der Waals surface area contributed by atoms with E-state index in [4.69, 9.17) is 0 Å². The minimum atomic E-state index is -4.37. The fourth-order valence-corrected chi connectivity index (χ4v) is 3.74. The Kier molecular flexibility index (Phi) is 5.32. The summed E-state index contributed by atoms with van der Waals surface area (Å²) in [6.45, 7) is 0. The number of rotatable bonds is 5. The highest BCUT2D eigenvalue weighted by Crippen LogP contribution is 2.40. The number of alkyl halides is 3. The maximum atomic E-state index is 13.0. The van der Waals surface area contributed by atoms with E-state index in [0.717, 1.165) is 28.8 Å². The summed E-state index contributed by atoms with van der Waals surface area (Å²) < 4.78 is 39.1. The second-order valence-electron chi connectivity index (χ2n) is 7.05. The summed E-state index contributed by atoms with van der Waals surface area (Å²) in [5.41, 5.74) is 2.12. The Balaban J connectivity index is 1.91. The van der Waals surface area contributed by atoms with Crippen molar-refractivity contribution in [3.05, 3.63) is 138 Å². The maximum absolute atomic E-state index is 13.0. The molecule has 0 radical (unpaired) electrons. The SMILES string of the molecule is FC(F)(F)c1ccc(NC(c2ccccc2)(c2ccccc2)c2ccccc2)cc1. The third kappa shape index (κ3) is 3.81. The van der Waals surface area contributed by atoms with Crippen molar-refractivity contribution in [3.8, 4) is 0 Å². The molecule has 0 aliphatic rings. The molecular weight excluding hydrogens is 383 g/mol. The molecule has 0 spiro atoms. The molecule has 1 nitrogen and oxygen atoms in total. The molecule has 0 atom stereocenters. The van der Waals surface area contributed by atoms with Gasteiger partial charge in [-0.1, -0.05) is 91.0 Å². The Labute approximate surface area is 173 Å². The first-order chi connectivity index (χ1) is 14.5. The molecule has 0 aliphatic heterocycles. The fraction of sp³-hybridized carbons (Fsp3) is 0.0769. The van der Waals surface area contributed by atoms with Gasteiger partial charge in [0.1, 0.15) is 5.54 Å². The third-order valence-electron chi connectivity index (χ3n) is 5.16. The van der Waals surface area contributed by atoms with Crippen LogP contribution in [0.25, 0.3) is 0 Å². The van der Waals surface area contributed by atoms with Gasteiger partial charge in [0.05, 0.1) is 5.56 Å². The van der Waals surface area contributed by atoms with Gasteiger partial charge in [0.15, 0.2) is 0 Å². The summed E-state index contributed by atoms with van der Waals surface area (Å²) >= 11 is 0. The molecule has 0 heterocycles. The van der Waals surface area contributed by atoms with E-state index in [2.05, 4.69) is 5.32 Å². The van der Waals surface area contributed by atoms with E-state index in [1.807, 2.05) is 91.0 Å². The van der Waals surface area contributed by atoms with Crippen molar-refractivity contribution in [2.45, 2.75) is 11.7 Å². The molecule has 4 heteroatoms. The number of hydrogen-bond acceptors (Lipinski definition) is 1. The Hall–Kier alpha value is -3.53. The maximum Gasteiger partial charge on any atom is 0.416 e. The molecule has 4 aromatic carbocycles. The summed E-state index contributed by atoms with van der Waals surface area (Å²) in [5.74, 6) is 0. The Morgan fingerprint density at radius 2 is 0.800 bits per heavy atom. The summed E-state index contributed by atoms with van der Waals surface area (Å²) in [7, 11) is 0. The number of hydrogen-bond donors (Lipinski definition) is 1. The largest absolute Gasteiger partial charge is 0.416 e. The van der Waals surface area contributed by atoms with Crippen LogP contribution in [0.5, 0.6) is 0 Å². The Morgan fingerprint density at radius 3 is 1.13 bits per heavy atom. The first kappa shape index (κ1) is 19.8. The van der Waals surface area contributed by atoms with Gasteiger partial charge < -0.3 is 5.32 Å². The molecule has 0 amide bonds. The zero-order valence-corrected chi connectivity index (χ0v) is 16.1. The van der Waals surface area contributed by atoms with Crippen LogP contribution in [0.15, 0.2) is 115 Å². The molecule has 4 aromatic rings. The molecule has 0 aromatic heterocycles. The fourth-order valence-electron chi connectivity index (χ4n) is 3.74. The third-order valence-corrected chi connectivity index (χ3v) is 5.16. The molecule has 0 fully saturated rings. The van der Waals surface area contributed by atoms with E-state index in [-0.39, 0.29) is 0 Å². The van der Waals surface area contributed by atoms with Crippen LogP contribution in [-0.2, 0) is 11.7 Å². The average Bonchev–Trinajstić information content (AvgIpc) is 2.79. The molecule has 30 heavy (non-hydrogen) atoms. The zero-order valence-electron chi connectivity index (χ0n) is 16.1. The predicted octanol–water partition coefficient (Wildman–Crippen LogP) is 7.11. The lowest BCUT2D eigenvalue weighted by atomic mass is 9.77. The second-order valence-corrected chi connectivity index (χ2v) is 7.05. The summed E-state index contributed by atoms with van der Waals surface area (Å²) in [6.07, 6.45) is -4.37. The van der Waals surface area contributed by atoms with Gasteiger partial charge in [-0.05, 0) is 41.0 Å². The number of halogens is 3. The summed E-state index contributed by atoms with van der Waals surface area (Å²) in [4.78, 5) is 0. The van der Waals surface area contributed by atoms with Gasteiger partial charge in [-0.2, -0.15) is 13.2 Å². The lowest BCUT2D eigenvalue weighted by Crippen LogP contribution is -2.38. The van der Waals surface area contributed by atoms with Crippen molar-refractivity contribution >= 4 is 5.69 Å². The smallest absolute Gasteiger partial charge is 0.368 e. The van der Waals surface area contributed by atoms with Gasteiger partial charge in [-0.3, -0.25) is 0 Å². The van der Waals surface area contributed by atoms with Crippen LogP contribution >= 0.6 is 0 Å². The van der Waals surface area contributed by atoms with Crippen molar-refractivity contribution in [2.24, 2.45) is 0 Å². The van der Waals surface area contributed by atoms with E-state index in [1.165, 1.54) is 12.1 Å². The highest BCUT2D eigenvalue weighted by atomic mass is 19.4. The van der Waals surface area contributed by atoms with Crippen molar-refractivity contribution < 1.29 is 13.2 Å². The standard InChI is InChI=1S/C26H20F3N/c27-26(28,29)23-16-18-24(19-17-23)30-25(20-10-4-1-5-11-20,21-12-6-2-7-13-21)22-14-8-3-9-15-22/h1-19,30H. The van der Waals surface area contributed by atoms with Crippen LogP contribution < -0.4 is 5.32 Å². The van der Waals surface area contributed by atoms with Crippen LogP contribution in [0.2, 0.25) is 0 Å². The van der Waals surface area contributed by atoms with Crippen molar-refractivity contribution in [1.29, 1.82) is 0 Å². The van der Waals surface area contributed by atoms with Crippen LogP contribution in [0.3, 0.4) is 0 Å². The normalized spacial score (nSPS) is 11.8. The topological polar surface area (TPSA) is 12.0 Å². The zero-order chi connectivity index (χ0) is 21.0. The van der Waals surface area contributed by atoms with Gasteiger partial charge in [0.2, 0.25) is 0 Å². The minimum absolute atomic E-state index is 0.597. The molecule has 0 saturated heterocycles. The minimum Gasteiger partial charge on any atom is -0.368 e. The van der Waals surface area contributed by atoms with Crippen molar-refractivity contribution in [2.75, 3.05) is 5.32 Å². The van der Waals surface area contributed by atoms with Gasteiger partial charge >= 0.3 is 6.18 Å². The van der Waals surface area contributed by atoms with Gasteiger partial charge in [0, 0.05) is 5.69 Å². The number of nitrogens with one attached hydrogen (secondary N) is 1. The first-order valence-electron chi connectivity index (χ1n) is 9.62. The van der Waals surface area contributed by atoms with Crippen molar-refractivity contribution in [3.63, 3.8) is 0 Å². The molecule has 0 unspecified atom stereocenters. The molecule has 0 aliphatic carbocycles. The monoisotopic (exact) mass is 403 g/mol. The highest BCUT2D eigenvalue weighted by molar-refractivity contribution is 5.60. The summed E-state index contributed by atoms with van der Waals surface area (Å²) in [6, 6.07) is 34.9. The molecule has 1 N–H and O–H groups in total. The Bertz CT molecular complexity index is 977. The number of benzene rings is 4. The van der Waals surface area contributed by atoms with E-state index >= 15 is 0 Å². The van der Waals surface area contributed by atoms with E-state index in [9.17, 15) is 13.2 Å².